The van der Waals surface area contributed by atoms with E-state index >= 15 is 0 Å². The number of esters is 1. The van der Waals surface area contributed by atoms with Gasteiger partial charge in [0.05, 0.1) is 12.0 Å². The van der Waals surface area contributed by atoms with Crippen LogP contribution in [0.15, 0.2) is 24.3 Å². The summed E-state index contributed by atoms with van der Waals surface area (Å²) in [5.74, 6) is -0.631. The fourth-order valence-electron chi connectivity index (χ4n) is 3.64. The number of hydrogen-bond acceptors (Lipinski definition) is 6. The quantitative estimate of drug-likeness (QED) is 0.599. The molecule has 2 atom stereocenters. The minimum Gasteiger partial charge on any atom is -0.490 e. The fraction of sp³-hybridized carbons (Fsp3) is 0.650. The van der Waals surface area contributed by atoms with E-state index in [1.807, 2.05) is 6.92 Å². The number of carbonyl (C=O) groups is 1. The van der Waals surface area contributed by atoms with E-state index in [1.165, 1.54) is 4.31 Å². The Labute approximate surface area is 177 Å². The van der Waals surface area contributed by atoms with Crippen molar-refractivity contribution in [3.8, 4) is 5.75 Å². The Hall–Kier alpha value is -1.35. The zero-order valence-electron chi connectivity index (χ0n) is 16.6. The molecule has 3 rings (SSSR count). The van der Waals surface area contributed by atoms with Gasteiger partial charge in [0.15, 0.2) is 0 Å². The van der Waals surface area contributed by atoms with Gasteiger partial charge in [0.25, 0.3) is 0 Å². The van der Waals surface area contributed by atoms with Crippen LogP contribution >= 0.6 is 11.6 Å². The molecule has 0 N–H and O–H groups in total. The summed E-state index contributed by atoms with van der Waals surface area (Å²) >= 11 is 5.87. The topological polar surface area (TPSA) is 82.1 Å². The molecule has 1 aromatic rings. The fourth-order valence-corrected chi connectivity index (χ4v) is 4.94. The zero-order chi connectivity index (χ0) is 20.9. The highest BCUT2D eigenvalue weighted by Crippen LogP contribution is 2.25. The molecule has 2 heterocycles. The Bertz CT molecular complexity index is 777. The summed E-state index contributed by atoms with van der Waals surface area (Å²) in [5, 5.41) is 0.638. The third-order valence-electron chi connectivity index (χ3n) is 5.42. The van der Waals surface area contributed by atoms with E-state index in [-0.39, 0.29) is 18.1 Å². The second kappa shape index (κ2) is 10.1. The molecule has 9 heteroatoms. The molecule has 2 saturated heterocycles. The van der Waals surface area contributed by atoms with Crippen LogP contribution in [-0.2, 0) is 24.3 Å². The van der Waals surface area contributed by atoms with Crippen molar-refractivity contribution < 1.29 is 27.4 Å². The standard InChI is InChI=1S/C20H28ClNO6S/c1-2-17-13-15(9-12-26-17)20(23)27-14-29(24,25)22-10-7-19(8-11-22)28-18-5-3-16(21)4-6-18/h3-6,15,17,19H,2,7-14H2,1H3. The molecule has 2 unspecified atom stereocenters. The summed E-state index contributed by atoms with van der Waals surface area (Å²) in [4.78, 5) is 12.3. The van der Waals surface area contributed by atoms with Crippen molar-refractivity contribution in [3.05, 3.63) is 29.3 Å². The third kappa shape index (κ3) is 6.31. The zero-order valence-corrected chi connectivity index (χ0v) is 18.2. The van der Waals surface area contributed by atoms with Crippen molar-refractivity contribution >= 4 is 27.6 Å². The van der Waals surface area contributed by atoms with Crippen molar-refractivity contribution in [1.82, 2.24) is 4.31 Å². The molecule has 1 aromatic carbocycles. The van der Waals surface area contributed by atoms with Crippen molar-refractivity contribution in [2.24, 2.45) is 5.92 Å². The van der Waals surface area contributed by atoms with Gasteiger partial charge in [0.1, 0.15) is 11.9 Å². The number of halogens is 1. The number of rotatable bonds is 7. The highest BCUT2D eigenvalue weighted by atomic mass is 35.5. The maximum absolute atomic E-state index is 12.6. The third-order valence-corrected chi connectivity index (χ3v) is 7.24. The maximum Gasteiger partial charge on any atom is 0.310 e. The highest BCUT2D eigenvalue weighted by molar-refractivity contribution is 7.88. The lowest BCUT2D eigenvalue weighted by atomic mass is 9.95. The molecule has 2 fully saturated rings. The Morgan fingerprint density at radius 1 is 1.21 bits per heavy atom. The normalized spacial score (nSPS) is 24.2. The lowest BCUT2D eigenvalue weighted by Crippen LogP contribution is -2.43. The molecule has 0 saturated carbocycles. The van der Waals surface area contributed by atoms with Crippen molar-refractivity contribution in [1.29, 1.82) is 0 Å². The summed E-state index contributed by atoms with van der Waals surface area (Å²) in [6.07, 6.45) is 3.12. The van der Waals surface area contributed by atoms with E-state index in [4.69, 9.17) is 25.8 Å². The van der Waals surface area contributed by atoms with Gasteiger partial charge in [-0.3, -0.25) is 4.79 Å². The Kier molecular flexibility index (Phi) is 7.79. The molecule has 162 valence electrons. The molecule has 0 radical (unpaired) electrons. The number of nitrogens with zero attached hydrogens (tertiary/aromatic N) is 1. The van der Waals surface area contributed by atoms with Gasteiger partial charge >= 0.3 is 5.97 Å². The van der Waals surface area contributed by atoms with Crippen molar-refractivity contribution in [2.45, 2.75) is 51.2 Å². The lowest BCUT2D eigenvalue weighted by Gasteiger charge is -2.31. The predicted octanol–water partition coefficient (Wildman–Crippen LogP) is 3.22. The van der Waals surface area contributed by atoms with Crippen LogP contribution in [0, 0.1) is 5.92 Å². The molecular weight excluding hydrogens is 418 g/mol. The number of hydrogen-bond donors (Lipinski definition) is 0. The first-order chi connectivity index (χ1) is 13.9. The van der Waals surface area contributed by atoms with Crippen LogP contribution in [0.4, 0.5) is 0 Å². The number of benzene rings is 1. The monoisotopic (exact) mass is 445 g/mol. The molecule has 2 aliphatic rings. The molecule has 7 nitrogen and oxygen atoms in total. The summed E-state index contributed by atoms with van der Waals surface area (Å²) in [6, 6.07) is 7.10. The van der Waals surface area contributed by atoms with Gasteiger partial charge in [-0.2, -0.15) is 4.31 Å². The van der Waals surface area contributed by atoms with Crippen LogP contribution in [0.1, 0.15) is 39.0 Å². The summed E-state index contributed by atoms with van der Waals surface area (Å²) in [6.45, 7) is 3.19. The second-order valence-corrected chi connectivity index (χ2v) is 9.84. The highest BCUT2D eigenvalue weighted by Gasteiger charge is 2.32. The van der Waals surface area contributed by atoms with Crippen LogP contribution in [0.2, 0.25) is 5.02 Å². The maximum atomic E-state index is 12.6. The van der Waals surface area contributed by atoms with Gasteiger partial charge in [0.2, 0.25) is 16.0 Å². The van der Waals surface area contributed by atoms with E-state index in [0.29, 0.717) is 56.2 Å². The Morgan fingerprint density at radius 3 is 2.55 bits per heavy atom. The van der Waals surface area contributed by atoms with Crippen LogP contribution in [-0.4, -0.2) is 56.5 Å². The molecule has 0 amide bonds. The average Bonchev–Trinajstić information content (AvgIpc) is 2.74. The lowest BCUT2D eigenvalue weighted by molar-refractivity contribution is -0.151. The average molecular weight is 446 g/mol. The number of carbonyl (C=O) groups excluding carboxylic acids is 1. The Balaban J connectivity index is 1.44. The van der Waals surface area contributed by atoms with E-state index in [1.54, 1.807) is 24.3 Å². The summed E-state index contributed by atoms with van der Waals surface area (Å²) < 4.78 is 43.1. The van der Waals surface area contributed by atoms with E-state index in [2.05, 4.69) is 0 Å². The summed E-state index contributed by atoms with van der Waals surface area (Å²) in [7, 11) is -3.65. The van der Waals surface area contributed by atoms with Crippen LogP contribution < -0.4 is 4.74 Å². The van der Waals surface area contributed by atoms with E-state index in [0.717, 1.165) is 6.42 Å². The smallest absolute Gasteiger partial charge is 0.310 e. The van der Waals surface area contributed by atoms with Crippen LogP contribution in [0.5, 0.6) is 5.75 Å². The minimum atomic E-state index is -3.65. The van der Waals surface area contributed by atoms with Crippen molar-refractivity contribution in [3.63, 3.8) is 0 Å². The molecular formula is C20H28ClNO6S. The SMILES string of the molecule is CCC1CC(C(=O)OCS(=O)(=O)N2CCC(Oc3ccc(Cl)cc3)CC2)CCO1. The van der Waals surface area contributed by atoms with Gasteiger partial charge < -0.3 is 14.2 Å². The van der Waals surface area contributed by atoms with E-state index < -0.39 is 21.9 Å². The molecule has 0 bridgehead atoms. The molecule has 29 heavy (non-hydrogen) atoms. The van der Waals surface area contributed by atoms with Crippen molar-refractivity contribution in [2.75, 3.05) is 25.6 Å². The second-order valence-electron chi connectivity index (χ2n) is 7.49. The van der Waals surface area contributed by atoms with Gasteiger partial charge in [-0.05, 0) is 56.4 Å². The Morgan fingerprint density at radius 2 is 1.90 bits per heavy atom. The molecule has 0 aliphatic carbocycles. The van der Waals surface area contributed by atoms with Gasteiger partial charge in [-0.25, -0.2) is 8.42 Å². The minimum absolute atomic E-state index is 0.0394. The largest absolute Gasteiger partial charge is 0.490 e. The van der Waals surface area contributed by atoms with Crippen LogP contribution in [0.25, 0.3) is 0 Å². The first-order valence-electron chi connectivity index (χ1n) is 10.1. The number of sulfonamides is 1. The number of ether oxygens (including phenoxy) is 3. The molecule has 0 aromatic heterocycles. The summed E-state index contributed by atoms with van der Waals surface area (Å²) in [5.41, 5.74) is 0. The first kappa shape index (κ1) is 22.3. The molecule has 2 aliphatic heterocycles. The van der Waals surface area contributed by atoms with Gasteiger partial charge in [-0.1, -0.05) is 18.5 Å². The van der Waals surface area contributed by atoms with E-state index in [9.17, 15) is 13.2 Å². The number of piperidine rings is 1. The van der Waals surface area contributed by atoms with Gasteiger partial charge in [0, 0.05) is 24.7 Å². The predicted molar refractivity (Wildman–Crippen MR) is 109 cm³/mol. The molecule has 0 spiro atoms. The first-order valence-corrected chi connectivity index (χ1v) is 12.0. The van der Waals surface area contributed by atoms with Gasteiger partial charge in [-0.15, -0.1) is 0 Å². The van der Waals surface area contributed by atoms with Crippen LogP contribution in [0.3, 0.4) is 0 Å².